The van der Waals surface area contributed by atoms with Gasteiger partial charge in [0.1, 0.15) is 0 Å². The van der Waals surface area contributed by atoms with Gasteiger partial charge >= 0.3 is 0 Å². The zero-order valence-corrected chi connectivity index (χ0v) is 10.1. The molecular weight excluding hydrogens is 210 g/mol. The molecule has 0 spiro atoms. The maximum atomic E-state index is 4.50. The Morgan fingerprint density at radius 1 is 1.29 bits per heavy atom. The molecule has 2 atom stereocenters. The van der Waals surface area contributed by atoms with Crippen molar-refractivity contribution in [3.63, 3.8) is 0 Å². The van der Waals surface area contributed by atoms with Gasteiger partial charge in [0, 0.05) is 18.9 Å². The first kappa shape index (κ1) is 10.7. The van der Waals surface area contributed by atoms with Crippen LogP contribution in [0.15, 0.2) is 35.6 Å². The predicted octanol–water partition coefficient (Wildman–Crippen LogP) is 2.53. The molecule has 2 aliphatic rings. The fourth-order valence-corrected chi connectivity index (χ4v) is 2.56. The molecule has 17 heavy (non-hydrogen) atoms. The molecule has 3 heterocycles. The van der Waals surface area contributed by atoms with E-state index in [0.29, 0.717) is 12.1 Å². The van der Waals surface area contributed by atoms with E-state index in [-0.39, 0.29) is 0 Å². The van der Waals surface area contributed by atoms with Gasteiger partial charge in [0.15, 0.2) is 0 Å². The summed E-state index contributed by atoms with van der Waals surface area (Å²) in [6, 6.07) is 2.97. The molecule has 2 aliphatic heterocycles. The minimum Gasteiger partial charge on any atom is -0.292 e. The van der Waals surface area contributed by atoms with Gasteiger partial charge < -0.3 is 0 Å². The van der Waals surface area contributed by atoms with E-state index in [1.54, 1.807) is 0 Å². The van der Waals surface area contributed by atoms with Crippen molar-refractivity contribution in [1.82, 2.24) is 9.88 Å². The van der Waals surface area contributed by atoms with Gasteiger partial charge in [-0.15, -0.1) is 0 Å². The highest BCUT2D eigenvalue weighted by atomic mass is 15.1. The molecule has 88 valence electrons. The summed E-state index contributed by atoms with van der Waals surface area (Å²) in [5.41, 5.74) is 2.53. The lowest BCUT2D eigenvalue weighted by molar-refractivity contribution is 0.339. The number of nitrogens with zero attached hydrogens (tertiary/aromatic N) is 3. The average Bonchev–Trinajstić information content (AvgIpc) is 2.99. The molecule has 0 radical (unpaired) electrons. The van der Waals surface area contributed by atoms with Crippen molar-refractivity contribution in [2.24, 2.45) is 4.99 Å². The highest BCUT2D eigenvalue weighted by molar-refractivity contribution is 5.60. The minimum atomic E-state index is 0.332. The number of pyridine rings is 1. The number of hydrogen-bond donors (Lipinski definition) is 0. The lowest BCUT2D eigenvalue weighted by atomic mass is 10.0. The lowest BCUT2D eigenvalue weighted by Crippen LogP contribution is -2.18. The molecule has 0 saturated heterocycles. The largest absolute Gasteiger partial charge is 0.292 e. The zero-order valence-electron chi connectivity index (χ0n) is 10.1. The summed E-state index contributed by atoms with van der Waals surface area (Å²) in [6.45, 7) is 1.02. The molecule has 3 heteroatoms. The third-order valence-electron chi connectivity index (χ3n) is 3.55. The van der Waals surface area contributed by atoms with Crippen LogP contribution in [0.1, 0.15) is 36.1 Å². The summed E-state index contributed by atoms with van der Waals surface area (Å²) in [5.74, 6) is 0. The highest BCUT2D eigenvalue weighted by Gasteiger charge is 2.20. The van der Waals surface area contributed by atoms with Crippen LogP contribution in [0.3, 0.4) is 0 Å². The number of likely N-dealkylation sites (N-methyl/N-ethyl adjacent to an activating group) is 1. The molecule has 1 aromatic heterocycles. The van der Waals surface area contributed by atoms with Gasteiger partial charge in [-0.1, -0.05) is 12.2 Å². The highest BCUT2D eigenvalue weighted by Crippen LogP contribution is 2.30. The molecule has 0 aliphatic carbocycles. The van der Waals surface area contributed by atoms with Gasteiger partial charge in [-0.05, 0) is 43.3 Å². The fourth-order valence-electron chi connectivity index (χ4n) is 2.56. The Morgan fingerprint density at radius 2 is 2.18 bits per heavy atom. The van der Waals surface area contributed by atoms with Crippen LogP contribution in [0, 0.1) is 0 Å². The first-order valence-corrected chi connectivity index (χ1v) is 6.18. The van der Waals surface area contributed by atoms with Crippen LogP contribution in [0.25, 0.3) is 0 Å². The van der Waals surface area contributed by atoms with Crippen molar-refractivity contribution in [1.29, 1.82) is 0 Å². The molecule has 0 fully saturated rings. The first-order chi connectivity index (χ1) is 8.34. The Morgan fingerprint density at radius 3 is 2.88 bits per heavy atom. The van der Waals surface area contributed by atoms with E-state index >= 15 is 0 Å². The minimum absolute atomic E-state index is 0.332. The number of aliphatic imine (C=N–C) groups is 1. The standard InChI is InChI=1S/C14H17N3/c1-17-7-3-5-14(17)12-8-11(9-15-10-12)13-4-2-6-16-13/h3,5-6,8-10,13-14H,2,4,7H2,1H3. The summed E-state index contributed by atoms with van der Waals surface area (Å²) in [6.07, 6.45) is 12.6. The zero-order chi connectivity index (χ0) is 11.7. The van der Waals surface area contributed by atoms with E-state index in [0.717, 1.165) is 19.4 Å². The van der Waals surface area contributed by atoms with Crippen LogP contribution in [0.5, 0.6) is 0 Å². The van der Waals surface area contributed by atoms with E-state index in [1.807, 2.05) is 18.6 Å². The lowest BCUT2D eigenvalue weighted by Gasteiger charge is -2.20. The second-order valence-corrected chi connectivity index (χ2v) is 4.79. The van der Waals surface area contributed by atoms with E-state index in [4.69, 9.17) is 0 Å². The van der Waals surface area contributed by atoms with Crippen molar-refractivity contribution in [2.45, 2.75) is 24.9 Å². The SMILES string of the molecule is CN1CC=CC1c1cncc(C2CCC=N2)c1. The normalized spacial score (nSPS) is 28.1. The third kappa shape index (κ3) is 2.03. The van der Waals surface area contributed by atoms with Gasteiger partial charge in [0.05, 0.1) is 12.1 Å². The summed E-state index contributed by atoms with van der Waals surface area (Å²) >= 11 is 0. The molecule has 0 aromatic carbocycles. The Kier molecular flexibility index (Phi) is 2.77. The number of aromatic nitrogens is 1. The van der Waals surface area contributed by atoms with Crippen molar-refractivity contribution in [3.8, 4) is 0 Å². The van der Waals surface area contributed by atoms with Crippen LogP contribution >= 0.6 is 0 Å². The Balaban J connectivity index is 1.88. The second kappa shape index (κ2) is 4.41. The van der Waals surface area contributed by atoms with Crippen molar-refractivity contribution in [2.75, 3.05) is 13.6 Å². The molecule has 1 aromatic rings. The van der Waals surface area contributed by atoms with Crippen LogP contribution in [-0.4, -0.2) is 29.7 Å². The molecule has 0 N–H and O–H groups in total. The van der Waals surface area contributed by atoms with E-state index in [2.05, 4.69) is 40.1 Å². The van der Waals surface area contributed by atoms with E-state index in [9.17, 15) is 0 Å². The molecule has 2 unspecified atom stereocenters. The van der Waals surface area contributed by atoms with Gasteiger partial charge in [-0.2, -0.15) is 0 Å². The quantitative estimate of drug-likeness (QED) is 0.726. The van der Waals surface area contributed by atoms with Crippen LogP contribution in [0.2, 0.25) is 0 Å². The van der Waals surface area contributed by atoms with Crippen molar-refractivity contribution < 1.29 is 0 Å². The molecule has 0 saturated carbocycles. The van der Waals surface area contributed by atoms with Crippen LogP contribution in [-0.2, 0) is 0 Å². The van der Waals surface area contributed by atoms with E-state index in [1.165, 1.54) is 11.1 Å². The smallest absolute Gasteiger partial charge is 0.0763 e. The molecular formula is C14H17N3. The third-order valence-corrected chi connectivity index (χ3v) is 3.55. The number of rotatable bonds is 2. The van der Waals surface area contributed by atoms with Gasteiger partial charge in [-0.25, -0.2) is 0 Å². The van der Waals surface area contributed by atoms with Crippen molar-refractivity contribution in [3.05, 3.63) is 41.7 Å². The maximum Gasteiger partial charge on any atom is 0.0763 e. The first-order valence-electron chi connectivity index (χ1n) is 6.18. The Bertz CT molecular complexity index is 464. The molecule has 3 nitrogen and oxygen atoms in total. The maximum absolute atomic E-state index is 4.50. The number of hydrogen-bond acceptors (Lipinski definition) is 3. The topological polar surface area (TPSA) is 28.5 Å². The summed E-state index contributed by atoms with van der Waals surface area (Å²) in [5, 5.41) is 0. The Labute approximate surface area is 102 Å². The fraction of sp³-hybridized carbons (Fsp3) is 0.429. The van der Waals surface area contributed by atoms with Gasteiger partial charge in [0.2, 0.25) is 0 Å². The summed E-state index contributed by atoms with van der Waals surface area (Å²) in [4.78, 5) is 11.2. The Hall–Kier alpha value is -1.48. The average molecular weight is 227 g/mol. The second-order valence-electron chi connectivity index (χ2n) is 4.79. The van der Waals surface area contributed by atoms with Crippen molar-refractivity contribution >= 4 is 6.21 Å². The molecule has 3 rings (SSSR count). The predicted molar refractivity (Wildman–Crippen MR) is 69.2 cm³/mol. The van der Waals surface area contributed by atoms with Crippen LogP contribution in [0.4, 0.5) is 0 Å². The summed E-state index contributed by atoms with van der Waals surface area (Å²) < 4.78 is 0. The van der Waals surface area contributed by atoms with E-state index < -0.39 is 0 Å². The monoisotopic (exact) mass is 227 g/mol. The molecule has 0 bridgehead atoms. The summed E-state index contributed by atoms with van der Waals surface area (Å²) in [7, 11) is 2.14. The van der Waals surface area contributed by atoms with Crippen LogP contribution < -0.4 is 0 Å². The molecule has 0 amide bonds. The van der Waals surface area contributed by atoms with Gasteiger partial charge in [0.25, 0.3) is 0 Å². The van der Waals surface area contributed by atoms with Gasteiger partial charge in [-0.3, -0.25) is 14.9 Å².